The predicted octanol–water partition coefficient (Wildman–Crippen LogP) is 1.95. The summed E-state index contributed by atoms with van der Waals surface area (Å²) in [5, 5.41) is 0. The van der Waals surface area contributed by atoms with Gasteiger partial charge in [-0.05, 0) is 20.3 Å². The third kappa shape index (κ3) is 0.714. The van der Waals surface area contributed by atoms with Gasteiger partial charge in [-0.2, -0.15) is 0 Å². The highest BCUT2D eigenvalue weighted by molar-refractivity contribution is 5.95. The Kier molecular flexibility index (Phi) is 1.32. The highest BCUT2D eigenvalue weighted by Crippen LogP contribution is 2.59. The second-order valence-corrected chi connectivity index (χ2v) is 5.56. The van der Waals surface area contributed by atoms with Gasteiger partial charge in [0.05, 0.1) is 6.61 Å². The SMILES string of the molecule is CC1=C[C@H]2[C@]3(C)CO[C@@]2(C)C(=O)[C@H]1C3. The molecule has 0 radical (unpaired) electrons. The quantitative estimate of drug-likeness (QED) is 0.548. The van der Waals surface area contributed by atoms with Crippen LogP contribution in [0, 0.1) is 17.3 Å². The average Bonchev–Trinajstić information content (AvgIpc) is 2.34. The molecule has 2 fully saturated rings. The highest BCUT2D eigenvalue weighted by atomic mass is 16.5. The number of ether oxygens (including phenoxy) is 1. The molecule has 1 aliphatic heterocycles. The Labute approximate surface area is 84.3 Å². The van der Waals surface area contributed by atoms with Crippen molar-refractivity contribution in [2.45, 2.75) is 32.8 Å². The van der Waals surface area contributed by atoms with E-state index in [4.69, 9.17) is 4.74 Å². The summed E-state index contributed by atoms with van der Waals surface area (Å²) in [5.74, 6) is 0.766. The van der Waals surface area contributed by atoms with E-state index in [-0.39, 0.29) is 11.3 Å². The van der Waals surface area contributed by atoms with E-state index in [1.807, 2.05) is 6.92 Å². The van der Waals surface area contributed by atoms with Crippen LogP contribution in [0.15, 0.2) is 11.6 Å². The van der Waals surface area contributed by atoms with Gasteiger partial charge in [0.2, 0.25) is 0 Å². The minimum absolute atomic E-state index is 0.137. The molecule has 3 aliphatic carbocycles. The first-order valence-corrected chi connectivity index (χ1v) is 5.34. The van der Waals surface area contributed by atoms with E-state index < -0.39 is 5.60 Å². The molecule has 0 unspecified atom stereocenters. The number of hydrogen-bond acceptors (Lipinski definition) is 2. The molecule has 4 aliphatic rings. The van der Waals surface area contributed by atoms with Gasteiger partial charge in [0.1, 0.15) is 5.60 Å². The fraction of sp³-hybridized carbons (Fsp3) is 0.750. The van der Waals surface area contributed by atoms with Crippen LogP contribution in [0.2, 0.25) is 0 Å². The zero-order chi connectivity index (χ0) is 10.1. The molecule has 1 saturated carbocycles. The van der Waals surface area contributed by atoms with Crippen molar-refractivity contribution in [1.29, 1.82) is 0 Å². The van der Waals surface area contributed by atoms with Crippen LogP contribution in [0.1, 0.15) is 27.2 Å². The Morgan fingerprint density at radius 1 is 1.50 bits per heavy atom. The minimum Gasteiger partial charge on any atom is -0.366 e. The molecule has 1 saturated heterocycles. The van der Waals surface area contributed by atoms with Crippen molar-refractivity contribution in [3.8, 4) is 0 Å². The van der Waals surface area contributed by atoms with Gasteiger partial charge < -0.3 is 4.74 Å². The first-order chi connectivity index (χ1) is 6.47. The third-order valence-corrected chi connectivity index (χ3v) is 4.50. The fourth-order valence-electron chi connectivity index (χ4n) is 3.58. The fourth-order valence-corrected chi connectivity index (χ4v) is 3.58. The van der Waals surface area contributed by atoms with Crippen molar-refractivity contribution >= 4 is 5.78 Å². The van der Waals surface area contributed by atoms with E-state index >= 15 is 0 Å². The lowest BCUT2D eigenvalue weighted by molar-refractivity contribution is -0.146. The molecule has 2 nitrogen and oxygen atoms in total. The summed E-state index contributed by atoms with van der Waals surface area (Å²) in [6.07, 6.45) is 3.27. The van der Waals surface area contributed by atoms with Gasteiger partial charge in [-0.25, -0.2) is 0 Å². The smallest absolute Gasteiger partial charge is 0.172 e. The number of allylic oxidation sites excluding steroid dienone is 1. The number of carbonyl (C=O) groups excluding carboxylic acids is 1. The molecule has 76 valence electrons. The monoisotopic (exact) mass is 192 g/mol. The first-order valence-electron chi connectivity index (χ1n) is 5.34. The number of Topliss-reactive ketones (excluding diaryl/α,β-unsaturated/α-hetero) is 1. The molecule has 4 bridgehead atoms. The second kappa shape index (κ2) is 2.13. The van der Waals surface area contributed by atoms with Gasteiger partial charge in [0, 0.05) is 17.3 Å². The second-order valence-electron chi connectivity index (χ2n) is 5.56. The van der Waals surface area contributed by atoms with Gasteiger partial charge in [-0.1, -0.05) is 18.6 Å². The molecule has 4 atom stereocenters. The maximum Gasteiger partial charge on any atom is 0.172 e. The van der Waals surface area contributed by atoms with Crippen LogP contribution in [0.5, 0.6) is 0 Å². The molecule has 0 aromatic carbocycles. The summed E-state index contributed by atoms with van der Waals surface area (Å²) in [4.78, 5) is 12.2. The van der Waals surface area contributed by atoms with Gasteiger partial charge in [0.15, 0.2) is 5.78 Å². The van der Waals surface area contributed by atoms with E-state index in [0.717, 1.165) is 13.0 Å². The van der Waals surface area contributed by atoms with Crippen LogP contribution in [0.3, 0.4) is 0 Å². The number of hydrogen-bond donors (Lipinski definition) is 0. The van der Waals surface area contributed by atoms with Crippen molar-refractivity contribution in [3.63, 3.8) is 0 Å². The largest absolute Gasteiger partial charge is 0.366 e. The number of carbonyl (C=O) groups is 1. The number of ketones is 1. The lowest BCUT2D eigenvalue weighted by Gasteiger charge is -2.47. The highest BCUT2D eigenvalue weighted by Gasteiger charge is 2.64. The van der Waals surface area contributed by atoms with Gasteiger partial charge in [-0.15, -0.1) is 0 Å². The van der Waals surface area contributed by atoms with Gasteiger partial charge in [-0.3, -0.25) is 4.79 Å². The third-order valence-electron chi connectivity index (χ3n) is 4.50. The molecule has 0 aromatic rings. The van der Waals surface area contributed by atoms with Crippen molar-refractivity contribution in [1.82, 2.24) is 0 Å². The normalized spacial score (nSPS) is 55.1. The predicted molar refractivity (Wildman–Crippen MR) is 52.8 cm³/mol. The van der Waals surface area contributed by atoms with Crippen LogP contribution in [0.4, 0.5) is 0 Å². The van der Waals surface area contributed by atoms with E-state index in [1.165, 1.54) is 5.57 Å². The van der Waals surface area contributed by atoms with E-state index in [2.05, 4.69) is 19.9 Å². The van der Waals surface area contributed by atoms with Crippen LogP contribution < -0.4 is 0 Å². The molecule has 0 aromatic heterocycles. The van der Waals surface area contributed by atoms with Crippen LogP contribution in [0.25, 0.3) is 0 Å². The Morgan fingerprint density at radius 3 is 2.93 bits per heavy atom. The summed E-state index contributed by atoms with van der Waals surface area (Å²) < 4.78 is 5.77. The Balaban J connectivity index is 2.22. The summed E-state index contributed by atoms with van der Waals surface area (Å²) in [6.45, 7) is 7.06. The molecule has 0 spiro atoms. The zero-order valence-corrected chi connectivity index (χ0v) is 8.96. The molecule has 2 heteroatoms. The van der Waals surface area contributed by atoms with Crippen molar-refractivity contribution in [2.24, 2.45) is 17.3 Å². The Morgan fingerprint density at radius 2 is 2.21 bits per heavy atom. The van der Waals surface area contributed by atoms with Gasteiger partial charge >= 0.3 is 0 Å². The molecule has 4 rings (SSSR count). The Bertz CT molecular complexity index is 357. The summed E-state index contributed by atoms with van der Waals surface area (Å²) in [7, 11) is 0. The zero-order valence-electron chi connectivity index (χ0n) is 8.96. The molecular formula is C12H16O2. The molecular weight excluding hydrogens is 176 g/mol. The molecule has 0 N–H and O–H groups in total. The van der Waals surface area contributed by atoms with E-state index in [0.29, 0.717) is 11.7 Å². The summed E-state index contributed by atoms with van der Waals surface area (Å²) in [5.41, 5.74) is 0.977. The van der Waals surface area contributed by atoms with E-state index in [1.54, 1.807) is 0 Å². The summed E-state index contributed by atoms with van der Waals surface area (Å²) >= 11 is 0. The van der Waals surface area contributed by atoms with Crippen molar-refractivity contribution in [3.05, 3.63) is 11.6 Å². The van der Waals surface area contributed by atoms with Crippen LogP contribution in [-0.2, 0) is 9.53 Å². The van der Waals surface area contributed by atoms with Crippen molar-refractivity contribution < 1.29 is 9.53 Å². The first kappa shape index (κ1) is 8.66. The average molecular weight is 192 g/mol. The standard InChI is InChI=1S/C12H16O2/c1-7-4-9-11(2)5-8(7)10(13)12(9,3)14-6-11/h4,8-9H,5-6H2,1-3H3/t8-,9-,11-,12+/m0/s1. The Hall–Kier alpha value is -0.630. The maximum absolute atomic E-state index is 12.2. The lowest BCUT2D eigenvalue weighted by atomic mass is 9.54. The topological polar surface area (TPSA) is 26.3 Å². The maximum atomic E-state index is 12.2. The van der Waals surface area contributed by atoms with Crippen molar-refractivity contribution in [2.75, 3.05) is 6.61 Å². The van der Waals surface area contributed by atoms with Crippen LogP contribution in [-0.4, -0.2) is 18.0 Å². The number of rotatable bonds is 0. The molecule has 0 amide bonds. The van der Waals surface area contributed by atoms with Gasteiger partial charge in [0.25, 0.3) is 0 Å². The summed E-state index contributed by atoms with van der Waals surface area (Å²) in [6, 6.07) is 0. The lowest BCUT2D eigenvalue weighted by Crippen LogP contribution is -2.55. The minimum atomic E-state index is -0.503. The van der Waals surface area contributed by atoms with E-state index in [9.17, 15) is 4.79 Å². The van der Waals surface area contributed by atoms with Crippen LogP contribution >= 0.6 is 0 Å². The molecule has 1 heterocycles. The molecule has 14 heavy (non-hydrogen) atoms.